The first-order chi connectivity index (χ1) is 11.7. The number of amides is 1. The van der Waals surface area contributed by atoms with Crippen molar-refractivity contribution in [1.82, 2.24) is 10.5 Å². The van der Waals surface area contributed by atoms with Crippen LogP contribution in [0.4, 0.5) is 0 Å². The average Bonchev–Trinajstić information content (AvgIpc) is 2.64. The van der Waals surface area contributed by atoms with Gasteiger partial charge in [0, 0.05) is 12.6 Å². The minimum atomic E-state index is -0.545. The maximum absolute atomic E-state index is 10.9. The van der Waals surface area contributed by atoms with Gasteiger partial charge in [-0.05, 0) is 42.2 Å². The van der Waals surface area contributed by atoms with Crippen LogP contribution in [0.15, 0.2) is 48.7 Å². The molecule has 0 aliphatic carbocycles. The first kappa shape index (κ1) is 17.8. The second kappa shape index (κ2) is 9.60. The van der Waals surface area contributed by atoms with Gasteiger partial charge in [0.2, 0.25) is 5.91 Å². The SMILES string of the molecule is O=C(CCCCC(O)c1ccc(/C=C/c2ccccn2)cc1)NO. The summed E-state index contributed by atoms with van der Waals surface area (Å²) in [6.07, 6.45) is 7.33. The van der Waals surface area contributed by atoms with E-state index in [1.165, 1.54) is 0 Å². The normalized spacial score (nSPS) is 12.2. The van der Waals surface area contributed by atoms with Gasteiger partial charge in [-0.15, -0.1) is 0 Å². The largest absolute Gasteiger partial charge is 0.388 e. The molecule has 1 aromatic heterocycles. The highest BCUT2D eigenvalue weighted by Gasteiger charge is 2.07. The summed E-state index contributed by atoms with van der Waals surface area (Å²) < 4.78 is 0. The predicted molar refractivity (Wildman–Crippen MR) is 93.0 cm³/mol. The molecule has 1 atom stereocenters. The van der Waals surface area contributed by atoms with E-state index in [1.54, 1.807) is 11.7 Å². The Kier molecular flexibility index (Phi) is 7.14. The lowest BCUT2D eigenvalue weighted by Gasteiger charge is -2.11. The van der Waals surface area contributed by atoms with E-state index in [0.717, 1.165) is 23.2 Å². The van der Waals surface area contributed by atoms with E-state index in [1.807, 2.05) is 54.6 Å². The molecule has 1 aromatic carbocycles. The molecule has 126 valence electrons. The zero-order chi connectivity index (χ0) is 17.2. The van der Waals surface area contributed by atoms with Gasteiger partial charge < -0.3 is 5.11 Å². The summed E-state index contributed by atoms with van der Waals surface area (Å²) in [7, 11) is 0. The fourth-order valence-corrected chi connectivity index (χ4v) is 2.33. The van der Waals surface area contributed by atoms with E-state index in [0.29, 0.717) is 12.8 Å². The van der Waals surface area contributed by atoms with Crippen molar-refractivity contribution in [3.63, 3.8) is 0 Å². The number of unbranched alkanes of at least 4 members (excludes halogenated alkanes) is 1. The highest BCUT2D eigenvalue weighted by Crippen LogP contribution is 2.20. The second-order valence-corrected chi connectivity index (χ2v) is 5.55. The summed E-state index contributed by atoms with van der Waals surface area (Å²) in [5.41, 5.74) is 4.40. The lowest BCUT2D eigenvalue weighted by molar-refractivity contribution is -0.129. The third-order valence-electron chi connectivity index (χ3n) is 3.71. The van der Waals surface area contributed by atoms with Gasteiger partial charge in [0.1, 0.15) is 0 Å². The zero-order valence-corrected chi connectivity index (χ0v) is 13.4. The minimum Gasteiger partial charge on any atom is -0.388 e. The van der Waals surface area contributed by atoms with Gasteiger partial charge in [0.15, 0.2) is 0 Å². The van der Waals surface area contributed by atoms with E-state index in [-0.39, 0.29) is 6.42 Å². The molecule has 2 aromatic rings. The smallest absolute Gasteiger partial charge is 0.243 e. The van der Waals surface area contributed by atoms with Crippen molar-refractivity contribution in [2.45, 2.75) is 31.8 Å². The molecule has 1 amide bonds. The quantitative estimate of drug-likeness (QED) is 0.395. The van der Waals surface area contributed by atoms with Crippen molar-refractivity contribution in [3.8, 4) is 0 Å². The molecule has 0 bridgehead atoms. The van der Waals surface area contributed by atoms with Gasteiger partial charge in [0.25, 0.3) is 0 Å². The van der Waals surface area contributed by atoms with Gasteiger partial charge in [-0.2, -0.15) is 0 Å². The Labute approximate surface area is 141 Å². The van der Waals surface area contributed by atoms with Gasteiger partial charge >= 0.3 is 0 Å². The number of hydrogen-bond acceptors (Lipinski definition) is 4. The number of nitrogens with zero attached hydrogens (tertiary/aromatic N) is 1. The molecule has 0 fully saturated rings. The maximum Gasteiger partial charge on any atom is 0.243 e. The Morgan fingerprint density at radius 2 is 1.92 bits per heavy atom. The fourth-order valence-electron chi connectivity index (χ4n) is 2.33. The highest BCUT2D eigenvalue weighted by molar-refractivity contribution is 5.74. The summed E-state index contributed by atoms with van der Waals surface area (Å²) >= 11 is 0. The van der Waals surface area contributed by atoms with Crippen molar-refractivity contribution >= 4 is 18.1 Å². The van der Waals surface area contributed by atoms with Crippen LogP contribution in [0.2, 0.25) is 0 Å². The number of rotatable bonds is 8. The number of aromatic nitrogens is 1. The summed E-state index contributed by atoms with van der Waals surface area (Å²) in [6, 6.07) is 13.5. The summed E-state index contributed by atoms with van der Waals surface area (Å²) in [4.78, 5) is 15.1. The van der Waals surface area contributed by atoms with Gasteiger partial charge in [0.05, 0.1) is 11.8 Å². The molecule has 0 aliphatic heterocycles. The standard InChI is InChI=1S/C19H22N2O3/c22-18(6-1-2-7-19(23)21-24)16-11-8-15(9-12-16)10-13-17-5-3-4-14-20-17/h3-5,8-14,18,22,24H,1-2,6-7H2,(H,21,23)/b13-10+. The van der Waals surface area contributed by atoms with Crippen LogP contribution in [0.3, 0.4) is 0 Å². The number of pyridine rings is 1. The van der Waals surface area contributed by atoms with Crippen LogP contribution in [-0.2, 0) is 4.79 Å². The average molecular weight is 326 g/mol. The van der Waals surface area contributed by atoms with E-state index >= 15 is 0 Å². The van der Waals surface area contributed by atoms with Gasteiger partial charge in [-0.1, -0.05) is 42.8 Å². The monoisotopic (exact) mass is 326 g/mol. The van der Waals surface area contributed by atoms with Crippen molar-refractivity contribution in [2.24, 2.45) is 0 Å². The summed E-state index contributed by atoms with van der Waals surface area (Å²) in [5, 5.41) is 18.6. The number of aliphatic hydroxyl groups excluding tert-OH is 1. The molecule has 5 nitrogen and oxygen atoms in total. The van der Waals surface area contributed by atoms with Gasteiger partial charge in [-0.25, -0.2) is 5.48 Å². The molecule has 0 aliphatic rings. The Balaban J connectivity index is 1.82. The van der Waals surface area contributed by atoms with Crippen LogP contribution in [0.1, 0.15) is 48.6 Å². The van der Waals surface area contributed by atoms with Crippen molar-refractivity contribution in [2.75, 3.05) is 0 Å². The van der Waals surface area contributed by atoms with Gasteiger partial charge in [-0.3, -0.25) is 15.0 Å². The number of hydroxylamine groups is 1. The summed E-state index contributed by atoms with van der Waals surface area (Å²) in [5.74, 6) is -0.395. The Morgan fingerprint density at radius 3 is 2.58 bits per heavy atom. The topological polar surface area (TPSA) is 82.5 Å². The first-order valence-electron chi connectivity index (χ1n) is 7.99. The Morgan fingerprint density at radius 1 is 1.12 bits per heavy atom. The second-order valence-electron chi connectivity index (χ2n) is 5.55. The third kappa shape index (κ3) is 5.95. The number of carbonyl (C=O) groups is 1. The number of benzene rings is 1. The third-order valence-corrected chi connectivity index (χ3v) is 3.71. The first-order valence-corrected chi connectivity index (χ1v) is 7.99. The van der Waals surface area contributed by atoms with Crippen LogP contribution < -0.4 is 5.48 Å². The predicted octanol–water partition coefficient (Wildman–Crippen LogP) is 3.35. The molecule has 0 saturated carbocycles. The van der Waals surface area contributed by atoms with Crippen molar-refractivity contribution in [3.05, 3.63) is 65.5 Å². The van der Waals surface area contributed by atoms with Crippen LogP contribution in [0.25, 0.3) is 12.2 Å². The van der Waals surface area contributed by atoms with E-state index in [2.05, 4.69) is 4.98 Å². The van der Waals surface area contributed by atoms with E-state index < -0.39 is 12.0 Å². The number of aliphatic hydroxyl groups is 1. The lowest BCUT2D eigenvalue weighted by atomic mass is 10.0. The van der Waals surface area contributed by atoms with E-state index in [9.17, 15) is 9.90 Å². The minimum absolute atomic E-state index is 0.264. The maximum atomic E-state index is 10.9. The molecule has 1 heterocycles. The molecule has 5 heteroatoms. The van der Waals surface area contributed by atoms with E-state index in [4.69, 9.17) is 5.21 Å². The molecule has 2 rings (SSSR count). The molecular formula is C19H22N2O3. The summed E-state index contributed by atoms with van der Waals surface area (Å²) in [6.45, 7) is 0. The zero-order valence-electron chi connectivity index (χ0n) is 13.4. The molecule has 0 radical (unpaired) electrons. The molecule has 0 spiro atoms. The Bertz CT molecular complexity index is 654. The Hall–Kier alpha value is -2.50. The number of hydrogen-bond donors (Lipinski definition) is 3. The van der Waals surface area contributed by atoms with Crippen LogP contribution in [-0.4, -0.2) is 21.2 Å². The fraction of sp³-hybridized carbons (Fsp3) is 0.263. The highest BCUT2D eigenvalue weighted by atomic mass is 16.5. The number of carbonyl (C=O) groups excluding carboxylic acids is 1. The molecule has 3 N–H and O–H groups in total. The lowest BCUT2D eigenvalue weighted by Crippen LogP contribution is -2.17. The molecule has 24 heavy (non-hydrogen) atoms. The molecule has 0 saturated heterocycles. The molecule has 1 unspecified atom stereocenters. The van der Waals surface area contributed by atoms with Crippen LogP contribution >= 0.6 is 0 Å². The van der Waals surface area contributed by atoms with Crippen molar-refractivity contribution < 1.29 is 15.1 Å². The van der Waals surface area contributed by atoms with Crippen LogP contribution in [0, 0.1) is 0 Å². The van der Waals surface area contributed by atoms with Crippen molar-refractivity contribution in [1.29, 1.82) is 0 Å². The van der Waals surface area contributed by atoms with Crippen LogP contribution in [0.5, 0.6) is 0 Å². The molecular weight excluding hydrogens is 304 g/mol. The number of nitrogens with one attached hydrogen (secondary N) is 1.